The average Bonchev–Trinajstić information content (AvgIpc) is 2.79. The van der Waals surface area contributed by atoms with Gasteiger partial charge in [-0.25, -0.2) is 4.79 Å². The molecular formula is C17H17N3O3. The molecule has 6 nitrogen and oxygen atoms in total. The van der Waals surface area contributed by atoms with Crippen molar-refractivity contribution in [1.29, 1.82) is 0 Å². The molecule has 0 fully saturated rings. The number of rotatable bonds is 2. The molecule has 0 bridgehead atoms. The highest BCUT2D eigenvalue weighted by Crippen LogP contribution is 2.33. The molecule has 0 saturated heterocycles. The topological polar surface area (TPSA) is 57.4 Å². The summed E-state index contributed by atoms with van der Waals surface area (Å²) in [6.07, 6.45) is 0. The Kier molecular flexibility index (Phi) is 3.04. The molecule has 1 aliphatic heterocycles. The first-order chi connectivity index (χ1) is 11.1. The van der Waals surface area contributed by atoms with E-state index in [0.29, 0.717) is 13.2 Å². The third kappa shape index (κ3) is 2.23. The van der Waals surface area contributed by atoms with Gasteiger partial charge in [-0.05, 0) is 30.3 Å². The largest absolute Gasteiger partial charge is 0.486 e. The van der Waals surface area contributed by atoms with Crippen LogP contribution in [0.1, 0.15) is 0 Å². The van der Waals surface area contributed by atoms with Crippen LogP contribution in [0.3, 0.4) is 0 Å². The lowest BCUT2D eigenvalue weighted by Gasteiger charge is -2.19. The molecule has 0 saturated carbocycles. The fourth-order valence-electron chi connectivity index (χ4n) is 2.87. The molecule has 4 rings (SSSR count). The van der Waals surface area contributed by atoms with Crippen molar-refractivity contribution < 1.29 is 9.47 Å². The van der Waals surface area contributed by atoms with E-state index in [0.717, 1.165) is 33.9 Å². The lowest BCUT2D eigenvalue weighted by atomic mass is 10.2. The van der Waals surface area contributed by atoms with Crippen molar-refractivity contribution >= 4 is 22.4 Å². The molecule has 2 aromatic carbocycles. The zero-order chi connectivity index (χ0) is 16.0. The van der Waals surface area contributed by atoms with Gasteiger partial charge < -0.3 is 14.8 Å². The second-order valence-electron chi connectivity index (χ2n) is 5.59. The van der Waals surface area contributed by atoms with E-state index in [1.54, 1.807) is 23.2 Å². The molecule has 1 N–H and O–H groups in total. The average molecular weight is 311 g/mol. The van der Waals surface area contributed by atoms with Crippen LogP contribution < -0.4 is 20.5 Å². The zero-order valence-electron chi connectivity index (χ0n) is 13.0. The Morgan fingerprint density at radius 2 is 1.52 bits per heavy atom. The number of aromatic nitrogens is 2. The van der Waals surface area contributed by atoms with Crippen LogP contribution in [0.2, 0.25) is 0 Å². The number of imidazole rings is 1. The minimum Gasteiger partial charge on any atom is -0.486 e. The Hall–Kier alpha value is -2.89. The highest BCUT2D eigenvalue weighted by atomic mass is 16.6. The van der Waals surface area contributed by atoms with Crippen molar-refractivity contribution in [2.45, 2.75) is 0 Å². The van der Waals surface area contributed by atoms with Crippen LogP contribution in [-0.4, -0.2) is 22.3 Å². The zero-order valence-corrected chi connectivity index (χ0v) is 13.0. The molecule has 0 atom stereocenters. The summed E-state index contributed by atoms with van der Waals surface area (Å²) < 4.78 is 14.4. The predicted octanol–water partition coefficient (Wildman–Crippen LogP) is 2.39. The van der Waals surface area contributed by atoms with Gasteiger partial charge >= 0.3 is 5.69 Å². The number of hydrogen-bond acceptors (Lipinski definition) is 4. The van der Waals surface area contributed by atoms with Crippen molar-refractivity contribution in [3.8, 4) is 11.5 Å². The van der Waals surface area contributed by atoms with Gasteiger partial charge in [-0.1, -0.05) is 0 Å². The van der Waals surface area contributed by atoms with Gasteiger partial charge in [0.1, 0.15) is 13.2 Å². The first kappa shape index (κ1) is 13.8. The molecule has 6 heteroatoms. The van der Waals surface area contributed by atoms with E-state index in [1.807, 2.05) is 36.4 Å². The fraction of sp³-hybridized carbons (Fsp3) is 0.235. The Morgan fingerprint density at radius 3 is 2.35 bits per heavy atom. The number of fused-ring (bicyclic) bond motifs is 2. The number of nitrogens with zero attached hydrogens (tertiary/aromatic N) is 2. The number of hydrogen-bond donors (Lipinski definition) is 1. The van der Waals surface area contributed by atoms with E-state index < -0.39 is 0 Å². The lowest BCUT2D eigenvalue weighted by molar-refractivity contribution is 0.171. The minimum absolute atomic E-state index is 0.0310. The maximum Gasteiger partial charge on any atom is 0.328 e. The van der Waals surface area contributed by atoms with Crippen molar-refractivity contribution in [1.82, 2.24) is 9.13 Å². The molecule has 0 aliphatic carbocycles. The van der Waals surface area contributed by atoms with E-state index in [9.17, 15) is 4.79 Å². The Bertz CT molecular complexity index is 956. The van der Waals surface area contributed by atoms with E-state index in [2.05, 4.69) is 5.32 Å². The molecule has 1 aromatic heterocycles. The van der Waals surface area contributed by atoms with Gasteiger partial charge in [-0.15, -0.1) is 0 Å². The lowest BCUT2D eigenvalue weighted by Crippen LogP contribution is -2.19. The Labute approximate surface area is 132 Å². The fourth-order valence-corrected chi connectivity index (χ4v) is 2.87. The van der Waals surface area contributed by atoms with Gasteiger partial charge in [-0.3, -0.25) is 9.13 Å². The molecule has 23 heavy (non-hydrogen) atoms. The van der Waals surface area contributed by atoms with Crippen LogP contribution in [0, 0.1) is 0 Å². The molecule has 0 amide bonds. The Balaban J connectivity index is 1.70. The highest BCUT2D eigenvalue weighted by Gasteiger charge is 2.12. The predicted molar refractivity (Wildman–Crippen MR) is 88.9 cm³/mol. The molecule has 0 spiro atoms. The molecular weight excluding hydrogens is 294 g/mol. The van der Waals surface area contributed by atoms with Crippen molar-refractivity contribution in [2.24, 2.45) is 14.1 Å². The van der Waals surface area contributed by atoms with Crippen LogP contribution in [0.4, 0.5) is 11.4 Å². The van der Waals surface area contributed by atoms with E-state index in [-0.39, 0.29) is 5.69 Å². The maximum absolute atomic E-state index is 12.0. The summed E-state index contributed by atoms with van der Waals surface area (Å²) in [4.78, 5) is 12.0. The number of benzene rings is 2. The van der Waals surface area contributed by atoms with Gasteiger partial charge in [0.15, 0.2) is 11.5 Å². The summed E-state index contributed by atoms with van der Waals surface area (Å²) in [6, 6.07) is 11.6. The van der Waals surface area contributed by atoms with Gasteiger partial charge in [0.05, 0.1) is 11.0 Å². The maximum atomic E-state index is 12.0. The monoisotopic (exact) mass is 311 g/mol. The third-order valence-corrected chi connectivity index (χ3v) is 4.10. The van der Waals surface area contributed by atoms with Crippen molar-refractivity contribution in [3.63, 3.8) is 0 Å². The number of aryl methyl sites for hydroxylation is 2. The normalized spacial score (nSPS) is 13.3. The standard InChI is InChI=1S/C17H17N3O3/c1-19-13-5-3-11(9-14(13)20(2)17(19)21)18-12-4-6-15-16(10-12)23-8-7-22-15/h3-6,9-10,18H,7-8H2,1-2H3. The SMILES string of the molecule is Cn1c(=O)n(C)c2cc(Nc3ccc4c(c3)OCCO4)ccc21. The summed E-state index contributed by atoms with van der Waals surface area (Å²) in [5.74, 6) is 1.51. The molecule has 1 aliphatic rings. The summed E-state index contributed by atoms with van der Waals surface area (Å²) in [5.41, 5.74) is 3.59. The summed E-state index contributed by atoms with van der Waals surface area (Å²) in [5, 5.41) is 3.34. The second-order valence-corrected chi connectivity index (χ2v) is 5.59. The number of ether oxygens (including phenoxy) is 2. The summed E-state index contributed by atoms with van der Waals surface area (Å²) >= 11 is 0. The molecule has 2 heterocycles. The quantitative estimate of drug-likeness (QED) is 0.789. The third-order valence-electron chi connectivity index (χ3n) is 4.10. The smallest absolute Gasteiger partial charge is 0.328 e. The van der Waals surface area contributed by atoms with E-state index >= 15 is 0 Å². The first-order valence-electron chi connectivity index (χ1n) is 7.45. The van der Waals surface area contributed by atoms with Crippen LogP contribution in [-0.2, 0) is 14.1 Å². The van der Waals surface area contributed by atoms with Gasteiger partial charge in [0.2, 0.25) is 0 Å². The summed E-state index contributed by atoms with van der Waals surface area (Å²) in [7, 11) is 3.55. The first-order valence-corrected chi connectivity index (χ1v) is 7.45. The molecule has 0 radical (unpaired) electrons. The van der Waals surface area contributed by atoms with Crippen LogP contribution in [0.25, 0.3) is 11.0 Å². The second kappa shape index (κ2) is 5.08. The minimum atomic E-state index is -0.0310. The molecule has 0 unspecified atom stereocenters. The van der Waals surface area contributed by atoms with Gasteiger partial charge in [-0.2, -0.15) is 0 Å². The van der Waals surface area contributed by atoms with Gasteiger partial charge in [0.25, 0.3) is 0 Å². The molecule has 118 valence electrons. The van der Waals surface area contributed by atoms with Crippen LogP contribution in [0.5, 0.6) is 11.5 Å². The van der Waals surface area contributed by atoms with Crippen LogP contribution in [0.15, 0.2) is 41.2 Å². The van der Waals surface area contributed by atoms with Gasteiger partial charge in [0, 0.05) is 31.5 Å². The van der Waals surface area contributed by atoms with E-state index in [4.69, 9.17) is 9.47 Å². The molecule has 3 aromatic rings. The summed E-state index contributed by atoms with van der Waals surface area (Å²) in [6.45, 7) is 1.15. The number of nitrogens with one attached hydrogen (secondary N) is 1. The highest BCUT2D eigenvalue weighted by molar-refractivity contribution is 5.81. The number of anilines is 2. The Morgan fingerprint density at radius 1 is 0.870 bits per heavy atom. The van der Waals surface area contributed by atoms with Crippen LogP contribution >= 0.6 is 0 Å². The van der Waals surface area contributed by atoms with Crippen molar-refractivity contribution in [3.05, 3.63) is 46.9 Å². The van der Waals surface area contributed by atoms with Crippen molar-refractivity contribution in [2.75, 3.05) is 18.5 Å². The van der Waals surface area contributed by atoms with E-state index in [1.165, 1.54) is 0 Å².